The van der Waals surface area contributed by atoms with Gasteiger partial charge in [-0.05, 0) is 6.07 Å². The van der Waals surface area contributed by atoms with Gasteiger partial charge in [0.2, 0.25) is 0 Å². The molecule has 0 spiro atoms. The fourth-order valence-corrected chi connectivity index (χ4v) is 1.56. The Kier molecular flexibility index (Phi) is 4.60. The van der Waals surface area contributed by atoms with E-state index in [2.05, 4.69) is 4.57 Å². The Morgan fingerprint density at radius 1 is 0.933 bits per heavy atom. The van der Waals surface area contributed by atoms with Crippen molar-refractivity contribution < 1.29 is 17.0 Å². The Hall–Kier alpha value is -1.05. The molecule has 0 aliphatic heterocycles. The second-order valence-corrected chi connectivity index (χ2v) is 3.55. The molecule has 2 rings (SSSR count). The highest BCUT2D eigenvalue weighted by Gasteiger charge is 2.04. The lowest BCUT2D eigenvalue weighted by Crippen LogP contribution is -3.00. The van der Waals surface area contributed by atoms with Crippen molar-refractivity contribution in [3.63, 3.8) is 0 Å². The van der Waals surface area contributed by atoms with Crippen molar-refractivity contribution in [2.45, 2.75) is 6.54 Å². The molecule has 0 aliphatic rings. The average molecular weight is 240 g/mol. The lowest BCUT2D eigenvalue weighted by molar-refractivity contribution is -0.688. The molecule has 0 saturated heterocycles. The maximum absolute atomic E-state index is 6.06. The van der Waals surface area contributed by atoms with Crippen LogP contribution < -0.4 is 17.0 Å². The van der Waals surface area contributed by atoms with Gasteiger partial charge in [-0.3, -0.25) is 0 Å². The summed E-state index contributed by atoms with van der Waals surface area (Å²) in [6.45, 7) is 0.820. The van der Waals surface area contributed by atoms with Crippen LogP contribution in [0.3, 0.4) is 0 Å². The smallest absolute Gasteiger partial charge is 0.175 e. The Balaban J connectivity index is 0.00000112. The van der Waals surface area contributed by atoms with Gasteiger partial charge in [-0.15, -0.1) is 0 Å². The summed E-state index contributed by atoms with van der Waals surface area (Å²) in [5.41, 5.74) is 1.14. The molecule has 3 heteroatoms. The predicted molar refractivity (Wildman–Crippen MR) is 57.2 cm³/mol. The summed E-state index contributed by atoms with van der Waals surface area (Å²) in [7, 11) is 0. The molecule has 0 saturated carbocycles. The molecular weight excluding hydrogens is 229 g/mol. The van der Waals surface area contributed by atoms with E-state index in [4.69, 9.17) is 11.6 Å². The summed E-state index contributed by atoms with van der Waals surface area (Å²) in [6.07, 6.45) is 4.06. The molecule has 0 unspecified atom stereocenters. The van der Waals surface area contributed by atoms with E-state index >= 15 is 0 Å². The lowest BCUT2D eigenvalue weighted by atomic mass is 10.2. The monoisotopic (exact) mass is 239 g/mol. The van der Waals surface area contributed by atoms with E-state index in [-0.39, 0.29) is 12.4 Å². The molecule has 1 heterocycles. The molecule has 78 valence electrons. The van der Waals surface area contributed by atoms with Crippen LogP contribution in [0.15, 0.2) is 54.9 Å². The quantitative estimate of drug-likeness (QED) is 0.633. The maximum atomic E-state index is 6.06. The van der Waals surface area contributed by atoms with Crippen molar-refractivity contribution in [3.8, 4) is 0 Å². The zero-order valence-electron chi connectivity index (χ0n) is 8.11. The second kappa shape index (κ2) is 5.74. The molecular formula is C12H11Cl2N. The number of halogens is 2. The third kappa shape index (κ3) is 3.22. The van der Waals surface area contributed by atoms with E-state index in [1.165, 1.54) is 0 Å². The van der Waals surface area contributed by atoms with Crippen molar-refractivity contribution in [3.05, 3.63) is 65.4 Å². The van der Waals surface area contributed by atoms with Crippen LogP contribution in [-0.4, -0.2) is 0 Å². The van der Waals surface area contributed by atoms with Crippen LogP contribution in [0.5, 0.6) is 0 Å². The van der Waals surface area contributed by atoms with Gasteiger partial charge in [-0.1, -0.05) is 35.9 Å². The number of rotatable bonds is 2. The summed E-state index contributed by atoms with van der Waals surface area (Å²) in [6, 6.07) is 13.9. The SMILES string of the molecule is Clc1ccccc1C[n+]1ccccc1.[Cl-]. The van der Waals surface area contributed by atoms with Crippen molar-refractivity contribution in [1.29, 1.82) is 0 Å². The zero-order valence-corrected chi connectivity index (χ0v) is 9.62. The van der Waals surface area contributed by atoms with Crippen LogP contribution in [0, 0.1) is 0 Å². The molecule has 0 fully saturated rings. The van der Waals surface area contributed by atoms with E-state index < -0.39 is 0 Å². The molecule has 1 aromatic heterocycles. The molecule has 0 radical (unpaired) electrons. The first-order valence-electron chi connectivity index (χ1n) is 4.54. The van der Waals surface area contributed by atoms with E-state index in [9.17, 15) is 0 Å². The Labute approximate surface area is 101 Å². The molecule has 0 aliphatic carbocycles. The van der Waals surface area contributed by atoms with Gasteiger partial charge in [0.05, 0.1) is 5.02 Å². The van der Waals surface area contributed by atoms with E-state index in [0.29, 0.717) is 0 Å². The predicted octanol–water partition coefficient (Wildman–Crippen LogP) is -0.320. The van der Waals surface area contributed by atoms with Gasteiger partial charge in [0.25, 0.3) is 0 Å². The third-order valence-corrected chi connectivity index (χ3v) is 2.46. The number of hydrogen-bond donors (Lipinski definition) is 0. The first-order chi connectivity index (χ1) is 6.86. The van der Waals surface area contributed by atoms with Crippen LogP contribution in [0.25, 0.3) is 0 Å². The number of aromatic nitrogens is 1. The summed E-state index contributed by atoms with van der Waals surface area (Å²) in [4.78, 5) is 0. The average Bonchev–Trinajstić information content (AvgIpc) is 2.23. The highest BCUT2D eigenvalue weighted by molar-refractivity contribution is 6.31. The summed E-state index contributed by atoms with van der Waals surface area (Å²) >= 11 is 6.06. The van der Waals surface area contributed by atoms with Gasteiger partial charge < -0.3 is 12.4 Å². The lowest BCUT2D eigenvalue weighted by Gasteiger charge is -1.99. The van der Waals surface area contributed by atoms with E-state index in [0.717, 1.165) is 17.1 Å². The number of pyridine rings is 1. The van der Waals surface area contributed by atoms with Crippen molar-refractivity contribution in [2.75, 3.05) is 0 Å². The van der Waals surface area contributed by atoms with Crippen LogP contribution in [0.1, 0.15) is 5.56 Å². The molecule has 0 N–H and O–H groups in total. The minimum absolute atomic E-state index is 0. The fourth-order valence-electron chi connectivity index (χ4n) is 1.36. The minimum Gasteiger partial charge on any atom is -1.00 e. The molecule has 1 nitrogen and oxygen atoms in total. The zero-order chi connectivity index (χ0) is 9.80. The first kappa shape index (κ1) is 12.0. The van der Waals surface area contributed by atoms with Gasteiger partial charge >= 0.3 is 0 Å². The normalized spacial score (nSPS) is 9.40. The second-order valence-electron chi connectivity index (χ2n) is 3.14. The van der Waals surface area contributed by atoms with Crippen molar-refractivity contribution >= 4 is 11.6 Å². The van der Waals surface area contributed by atoms with Gasteiger partial charge in [0, 0.05) is 17.7 Å². The number of hydrogen-bond acceptors (Lipinski definition) is 0. The molecule has 2 aromatic rings. The third-order valence-electron chi connectivity index (χ3n) is 2.09. The largest absolute Gasteiger partial charge is 1.00 e. The van der Waals surface area contributed by atoms with Gasteiger partial charge in [0.15, 0.2) is 18.9 Å². The van der Waals surface area contributed by atoms with Gasteiger partial charge in [-0.25, -0.2) is 4.57 Å². The van der Waals surface area contributed by atoms with Crippen molar-refractivity contribution in [2.24, 2.45) is 0 Å². The van der Waals surface area contributed by atoms with Crippen LogP contribution in [0.2, 0.25) is 5.02 Å². The number of benzene rings is 1. The topological polar surface area (TPSA) is 3.88 Å². The molecule has 0 atom stereocenters. The van der Waals surface area contributed by atoms with Crippen molar-refractivity contribution in [1.82, 2.24) is 0 Å². The molecule has 1 aromatic carbocycles. The summed E-state index contributed by atoms with van der Waals surface area (Å²) in [5.74, 6) is 0. The van der Waals surface area contributed by atoms with Gasteiger partial charge in [0.1, 0.15) is 0 Å². The first-order valence-corrected chi connectivity index (χ1v) is 4.91. The number of nitrogens with zero attached hydrogens (tertiary/aromatic N) is 1. The Morgan fingerprint density at radius 3 is 2.27 bits per heavy atom. The molecule has 15 heavy (non-hydrogen) atoms. The Bertz CT molecular complexity index is 415. The van der Waals surface area contributed by atoms with E-state index in [1.54, 1.807) is 0 Å². The van der Waals surface area contributed by atoms with E-state index in [1.807, 2.05) is 54.9 Å². The highest BCUT2D eigenvalue weighted by atomic mass is 35.5. The Morgan fingerprint density at radius 2 is 1.60 bits per heavy atom. The minimum atomic E-state index is 0. The van der Waals surface area contributed by atoms with Crippen LogP contribution in [0.4, 0.5) is 0 Å². The maximum Gasteiger partial charge on any atom is 0.175 e. The molecule has 0 amide bonds. The fraction of sp³-hybridized carbons (Fsp3) is 0.0833. The highest BCUT2D eigenvalue weighted by Crippen LogP contribution is 2.13. The van der Waals surface area contributed by atoms with Gasteiger partial charge in [-0.2, -0.15) is 0 Å². The summed E-state index contributed by atoms with van der Waals surface area (Å²) in [5, 5.41) is 0.823. The van der Waals surface area contributed by atoms with Crippen LogP contribution in [-0.2, 0) is 6.54 Å². The standard InChI is InChI=1S/C12H11ClN.ClH/c13-12-7-3-2-6-11(12)10-14-8-4-1-5-9-14;/h1-9H,10H2;1H/q+1;/p-1. The summed E-state index contributed by atoms with van der Waals surface area (Å²) < 4.78 is 2.10. The van der Waals surface area contributed by atoms with Crippen LogP contribution >= 0.6 is 11.6 Å². The molecule has 0 bridgehead atoms.